The summed E-state index contributed by atoms with van der Waals surface area (Å²) in [6, 6.07) is 7.96. The fourth-order valence-electron chi connectivity index (χ4n) is 2.09. The summed E-state index contributed by atoms with van der Waals surface area (Å²) < 4.78 is 0. The van der Waals surface area contributed by atoms with Gasteiger partial charge in [-0.1, -0.05) is 6.92 Å². The zero-order chi connectivity index (χ0) is 14.4. The van der Waals surface area contributed by atoms with Gasteiger partial charge in [-0.3, -0.25) is 9.97 Å². The van der Waals surface area contributed by atoms with Crippen molar-refractivity contribution in [2.75, 3.05) is 11.4 Å². The molecule has 0 aromatic carbocycles. The van der Waals surface area contributed by atoms with E-state index in [0.717, 1.165) is 24.5 Å². The molecule has 1 N–H and O–H groups in total. The molecule has 106 valence electrons. The average Bonchev–Trinajstić information content (AvgIpc) is 2.53. The Balaban J connectivity index is 2.11. The molecule has 1 unspecified atom stereocenters. The van der Waals surface area contributed by atoms with Crippen LogP contribution < -0.4 is 4.90 Å². The first-order valence-corrected chi connectivity index (χ1v) is 7.02. The van der Waals surface area contributed by atoms with E-state index in [0.29, 0.717) is 6.42 Å². The van der Waals surface area contributed by atoms with Gasteiger partial charge in [-0.05, 0) is 43.2 Å². The summed E-state index contributed by atoms with van der Waals surface area (Å²) in [6.45, 7) is 5.80. The Labute approximate surface area is 120 Å². The van der Waals surface area contributed by atoms with Gasteiger partial charge in [0.1, 0.15) is 0 Å². The number of hydrogen-bond acceptors (Lipinski definition) is 4. The largest absolute Gasteiger partial charge is 0.387 e. The smallest absolute Gasteiger partial charge is 0.0957 e. The molecule has 2 aromatic heterocycles. The Morgan fingerprint density at radius 3 is 2.45 bits per heavy atom. The van der Waals surface area contributed by atoms with Crippen molar-refractivity contribution in [1.82, 2.24) is 9.97 Å². The third-order valence-corrected chi connectivity index (χ3v) is 3.37. The number of aliphatic hydroxyl groups is 1. The van der Waals surface area contributed by atoms with E-state index in [9.17, 15) is 5.11 Å². The summed E-state index contributed by atoms with van der Waals surface area (Å²) in [4.78, 5) is 10.6. The number of pyridine rings is 2. The molecule has 0 saturated carbocycles. The standard InChI is InChI=1S/C16H21N3O/c1-3-16(20)15-6-5-14(11-18-15)19(4-2)12-13-7-9-17-10-8-13/h5-11,16,20H,3-4,12H2,1-2H3. The molecule has 4 heteroatoms. The van der Waals surface area contributed by atoms with Gasteiger partial charge < -0.3 is 10.0 Å². The van der Waals surface area contributed by atoms with E-state index >= 15 is 0 Å². The first-order valence-electron chi connectivity index (χ1n) is 7.02. The van der Waals surface area contributed by atoms with Crippen molar-refractivity contribution < 1.29 is 5.11 Å². The van der Waals surface area contributed by atoms with Crippen LogP contribution in [0.25, 0.3) is 0 Å². The van der Waals surface area contributed by atoms with Crippen LogP contribution in [0.2, 0.25) is 0 Å². The van der Waals surface area contributed by atoms with Crippen LogP contribution >= 0.6 is 0 Å². The Bertz CT molecular complexity index is 513. The van der Waals surface area contributed by atoms with Gasteiger partial charge in [0.05, 0.1) is 23.7 Å². The van der Waals surface area contributed by atoms with E-state index in [1.54, 1.807) is 0 Å². The first kappa shape index (κ1) is 14.5. The third kappa shape index (κ3) is 3.54. The zero-order valence-electron chi connectivity index (χ0n) is 12.0. The Morgan fingerprint density at radius 2 is 1.90 bits per heavy atom. The van der Waals surface area contributed by atoms with Gasteiger partial charge in [0, 0.05) is 25.5 Å². The maximum atomic E-state index is 9.77. The number of aliphatic hydroxyl groups excluding tert-OH is 1. The Hall–Kier alpha value is -1.94. The number of aromatic nitrogens is 2. The molecule has 0 bridgehead atoms. The van der Waals surface area contributed by atoms with Crippen molar-refractivity contribution in [3.63, 3.8) is 0 Å². The van der Waals surface area contributed by atoms with E-state index in [4.69, 9.17) is 0 Å². The second kappa shape index (κ2) is 7.01. The van der Waals surface area contributed by atoms with Crippen LogP contribution in [-0.4, -0.2) is 21.6 Å². The monoisotopic (exact) mass is 271 g/mol. The van der Waals surface area contributed by atoms with E-state index in [2.05, 4.69) is 21.8 Å². The summed E-state index contributed by atoms with van der Waals surface area (Å²) in [5.74, 6) is 0. The lowest BCUT2D eigenvalue weighted by Gasteiger charge is -2.23. The maximum absolute atomic E-state index is 9.77. The van der Waals surface area contributed by atoms with Crippen molar-refractivity contribution in [2.45, 2.75) is 32.9 Å². The van der Waals surface area contributed by atoms with Crippen LogP contribution in [0.15, 0.2) is 42.9 Å². The zero-order valence-corrected chi connectivity index (χ0v) is 12.0. The summed E-state index contributed by atoms with van der Waals surface area (Å²) in [7, 11) is 0. The summed E-state index contributed by atoms with van der Waals surface area (Å²) in [5.41, 5.74) is 3.02. The highest BCUT2D eigenvalue weighted by atomic mass is 16.3. The molecule has 2 heterocycles. The minimum Gasteiger partial charge on any atom is -0.387 e. The molecule has 0 amide bonds. The first-order chi connectivity index (χ1) is 9.74. The number of nitrogens with zero attached hydrogens (tertiary/aromatic N) is 3. The van der Waals surface area contributed by atoms with Gasteiger partial charge >= 0.3 is 0 Å². The van der Waals surface area contributed by atoms with E-state index in [1.165, 1.54) is 5.56 Å². The maximum Gasteiger partial charge on any atom is 0.0957 e. The molecule has 0 aliphatic carbocycles. The van der Waals surface area contributed by atoms with Crippen molar-refractivity contribution in [3.05, 3.63) is 54.1 Å². The van der Waals surface area contributed by atoms with Crippen molar-refractivity contribution >= 4 is 5.69 Å². The van der Waals surface area contributed by atoms with E-state index < -0.39 is 6.10 Å². The lowest BCUT2D eigenvalue weighted by atomic mass is 10.1. The lowest BCUT2D eigenvalue weighted by Crippen LogP contribution is -2.22. The number of anilines is 1. The van der Waals surface area contributed by atoms with Gasteiger partial charge in [0.2, 0.25) is 0 Å². The van der Waals surface area contributed by atoms with Crippen LogP contribution in [0.3, 0.4) is 0 Å². The lowest BCUT2D eigenvalue weighted by molar-refractivity contribution is 0.169. The molecular formula is C16H21N3O. The van der Waals surface area contributed by atoms with Crippen LogP contribution in [0, 0.1) is 0 Å². The number of hydrogen-bond donors (Lipinski definition) is 1. The predicted molar refractivity (Wildman–Crippen MR) is 80.4 cm³/mol. The van der Waals surface area contributed by atoms with Crippen LogP contribution in [0.1, 0.15) is 37.6 Å². The topological polar surface area (TPSA) is 49.2 Å². The van der Waals surface area contributed by atoms with Crippen molar-refractivity contribution in [3.8, 4) is 0 Å². The van der Waals surface area contributed by atoms with Crippen LogP contribution in [0.5, 0.6) is 0 Å². The average molecular weight is 271 g/mol. The molecule has 2 rings (SSSR count). The highest BCUT2D eigenvalue weighted by Gasteiger charge is 2.09. The molecule has 0 fully saturated rings. The molecule has 2 aromatic rings. The molecule has 4 nitrogen and oxygen atoms in total. The molecule has 0 radical (unpaired) electrons. The minimum absolute atomic E-state index is 0.473. The highest BCUT2D eigenvalue weighted by molar-refractivity contribution is 5.45. The third-order valence-electron chi connectivity index (χ3n) is 3.37. The molecule has 1 atom stereocenters. The van der Waals surface area contributed by atoms with E-state index in [1.807, 2.05) is 49.8 Å². The molecule has 0 aliphatic heterocycles. The van der Waals surface area contributed by atoms with Gasteiger partial charge in [-0.15, -0.1) is 0 Å². The normalized spacial score (nSPS) is 12.2. The van der Waals surface area contributed by atoms with Gasteiger partial charge in [-0.25, -0.2) is 0 Å². The summed E-state index contributed by atoms with van der Waals surface area (Å²) in [5, 5.41) is 9.77. The van der Waals surface area contributed by atoms with Crippen LogP contribution in [-0.2, 0) is 6.54 Å². The van der Waals surface area contributed by atoms with Crippen molar-refractivity contribution in [2.24, 2.45) is 0 Å². The Morgan fingerprint density at radius 1 is 1.15 bits per heavy atom. The van der Waals surface area contributed by atoms with Crippen LogP contribution in [0.4, 0.5) is 5.69 Å². The molecular weight excluding hydrogens is 250 g/mol. The molecule has 0 spiro atoms. The minimum atomic E-state index is -0.473. The van der Waals surface area contributed by atoms with E-state index in [-0.39, 0.29) is 0 Å². The fourth-order valence-corrected chi connectivity index (χ4v) is 2.09. The van der Waals surface area contributed by atoms with Gasteiger partial charge in [0.15, 0.2) is 0 Å². The summed E-state index contributed by atoms with van der Waals surface area (Å²) >= 11 is 0. The Kier molecular flexibility index (Phi) is 5.07. The quantitative estimate of drug-likeness (QED) is 0.877. The highest BCUT2D eigenvalue weighted by Crippen LogP contribution is 2.19. The second-order valence-corrected chi connectivity index (χ2v) is 4.73. The second-order valence-electron chi connectivity index (χ2n) is 4.73. The van der Waals surface area contributed by atoms with Gasteiger partial charge in [-0.2, -0.15) is 0 Å². The molecule has 20 heavy (non-hydrogen) atoms. The fraction of sp³-hybridized carbons (Fsp3) is 0.375. The molecule has 0 aliphatic rings. The van der Waals surface area contributed by atoms with Crippen molar-refractivity contribution in [1.29, 1.82) is 0 Å². The molecule has 0 saturated heterocycles. The number of rotatable bonds is 6. The van der Waals surface area contributed by atoms with Gasteiger partial charge in [0.25, 0.3) is 0 Å². The SMILES string of the molecule is CCC(O)c1ccc(N(CC)Cc2ccncc2)cn1. The summed E-state index contributed by atoms with van der Waals surface area (Å²) in [6.07, 6.45) is 5.66. The predicted octanol–water partition coefficient (Wildman–Crippen LogP) is 2.95.